The Bertz CT molecular complexity index is 866. The van der Waals surface area contributed by atoms with Crippen LogP contribution in [0.2, 0.25) is 0 Å². The van der Waals surface area contributed by atoms with Gasteiger partial charge in [0.1, 0.15) is 5.82 Å². The van der Waals surface area contributed by atoms with E-state index in [4.69, 9.17) is 11.6 Å². The van der Waals surface area contributed by atoms with Crippen LogP contribution in [0.1, 0.15) is 0 Å². The lowest BCUT2D eigenvalue weighted by atomic mass is 10.1. The Hall–Kier alpha value is -2.79. The quantitative estimate of drug-likeness (QED) is 0.596. The van der Waals surface area contributed by atoms with Crippen LogP contribution < -0.4 is 5.32 Å². The van der Waals surface area contributed by atoms with E-state index in [9.17, 15) is 9.59 Å². The summed E-state index contributed by atoms with van der Waals surface area (Å²) in [5.41, 5.74) is 2.22. The van der Waals surface area contributed by atoms with Gasteiger partial charge in [0.2, 0.25) is 0 Å². The zero-order chi connectivity index (χ0) is 15.5. The van der Waals surface area contributed by atoms with Crippen molar-refractivity contribution in [3.63, 3.8) is 0 Å². The molecule has 0 fully saturated rings. The van der Waals surface area contributed by atoms with Gasteiger partial charge in [0, 0.05) is 10.9 Å². The van der Waals surface area contributed by atoms with Gasteiger partial charge >= 0.3 is 11.1 Å². The maximum absolute atomic E-state index is 11.3. The largest absolute Gasteiger partial charge is 0.310 e. The third kappa shape index (κ3) is 2.94. The first kappa shape index (κ1) is 14.2. The van der Waals surface area contributed by atoms with Gasteiger partial charge in [-0.2, -0.15) is 0 Å². The van der Waals surface area contributed by atoms with Crippen LogP contribution >= 0.6 is 11.6 Å². The number of benzene rings is 1. The van der Waals surface area contributed by atoms with E-state index < -0.39 is 11.1 Å². The molecule has 0 aliphatic carbocycles. The number of amides is 1. The summed E-state index contributed by atoms with van der Waals surface area (Å²) >= 11 is 5.11. The summed E-state index contributed by atoms with van der Waals surface area (Å²) in [6.07, 6.45) is 0. The van der Waals surface area contributed by atoms with Gasteiger partial charge in [-0.15, -0.1) is 0 Å². The van der Waals surface area contributed by atoms with E-state index in [2.05, 4.69) is 15.3 Å². The minimum Gasteiger partial charge on any atom is -0.303 e. The van der Waals surface area contributed by atoms with Crippen molar-refractivity contribution < 1.29 is 9.59 Å². The average Bonchev–Trinajstić information content (AvgIpc) is 2.55. The SMILES string of the molecule is O=C(Cl)C(=O)Nc1ccc2ccc(-c3ccccc3)nc2n1. The molecule has 1 N–H and O–H groups in total. The van der Waals surface area contributed by atoms with Crippen LogP contribution in [0.15, 0.2) is 54.6 Å². The molecule has 0 bridgehead atoms. The van der Waals surface area contributed by atoms with Crippen molar-refractivity contribution in [3.8, 4) is 11.3 Å². The van der Waals surface area contributed by atoms with Gasteiger partial charge in [0.05, 0.1) is 5.69 Å². The molecule has 108 valence electrons. The van der Waals surface area contributed by atoms with E-state index in [0.29, 0.717) is 5.65 Å². The zero-order valence-corrected chi connectivity index (χ0v) is 12.0. The fraction of sp³-hybridized carbons (Fsp3) is 0. The molecule has 1 aromatic carbocycles. The van der Waals surface area contributed by atoms with Crippen molar-refractivity contribution in [2.45, 2.75) is 0 Å². The molecule has 3 aromatic rings. The van der Waals surface area contributed by atoms with Gasteiger partial charge in [-0.1, -0.05) is 30.3 Å². The molecule has 5 nitrogen and oxygen atoms in total. The number of fused-ring (bicyclic) bond motifs is 1. The predicted octanol–water partition coefficient (Wildman–Crippen LogP) is 3.00. The van der Waals surface area contributed by atoms with Gasteiger partial charge in [-0.05, 0) is 35.9 Å². The van der Waals surface area contributed by atoms with E-state index in [1.165, 1.54) is 0 Å². The number of hydrogen-bond acceptors (Lipinski definition) is 4. The molecular weight excluding hydrogens is 302 g/mol. The summed E-state index contributed by atoms with van der Waals surface area (Å²) < 4.78 is 0. The van der Waals surface area contributed by atoms with Crippen molar-refractivity contribution in [2.75, 3.05) is 5.32 Å². The van der Waals surface area contributed by atoms with Crippen LogP contribution in [0.4, 0.5) is 5.82 Å². The summed E-state index contributed by atoms with van der Waals surface area (Å²) in [5.74, 6) is -0.697. The molecular formula is C16H10ClN3O2. The number of nitrogens with zero attached hydrogens (tertiary/aromatic N) is 2. The molecule has 6 heteroatoms. The highest BCUT2D eigenvalue weighted by Gasteiger charge is 2.11. The Kier molecular flexibility index (Phi) is 3.80. The van der Waals surface area contributed by atoms with E-state index in [-0.39, 0.29) is 5.82 Å². The monoisotopic (exact) mass is 311 g/mol. The zero-order valence-electron chi connectivity index (χ0n) is 11.3. The number of pyridine rings is 2. The lowest BCUT2D eigenvalue weighted by Crippen LogP contribution is -2.18. The Morgan fingerprint density at radius 2 is 1.64 bits per heavy atom. The minimum absolute atomic E-state index is 0.226. The first-order valence-electron chi connectivity index (χ1n) is 6.47. The molecule has 0 aliphatic rings. The maximum Gasteiger partial charge on any atom is 0.310 e. The Morgan fingerprint density at radius 3 is 2.36 bits per heavy atom. The number of rotatable bonds is 3. The van der Waals surface area contributed by atoms with Crippen LogP contribution in [0.5, 0.6) is 0 Å². The van der Waals surface area contributed by atoms with Crippen molar-refractivity contribution in [3.05, 3.63) is 54.6 Å². The fourth-order valence-corrected chi connectivity index (χ4v) is 2.05. The molecule has 0 radical (unpaired) electrons. The number of carbonyl (C=O) groups is 2. The number of aromatic nitrogens is 2. The third-order valence-electron chi connectivity index (χ3n) is 3.04. The number of halogens is 1. The van der Waals surface area contributed by atoms with Gasteiger partial charge in [0.25, 0.3) is 0 Å². The lowest BCUT2D eigenvalue weighted by Gasteiger charge is -2.05. The number of hydrogen-bond donors (Lipinski definition) is 1. The van der Waals surface area contributed by atoms with Crippen molar-refractivity contribution in [1.29, 1.82) is 0 Å². The van der Waals surface area contributed by atoms with Crippen molar-refractivity contribution >= 4 is 39.6 Å². The molecule has 2 aromatic heterocycles. The van der Waals surface area contributed by atoms with E-state index in [1.807, 2.05) is 42.5 Å². The standard InChI is InChI=1S/C16H10ClN3O2/c17-14(21)16(22)20-13-9-7-11-6-8-12(18-15(11)19-13)10-4-2-1-3-5-10/h1-9H,(H,18,19,20,22). The number of carbonyl (C=O) groups excluding carboxylic acids is 2. The van der Waals surface area contributed by atoms with Gasteiger partial charge in [-0.3, -0.25) is 9.59 Å². The highest BCUT2D eigenvalue weighted by molar-refractivity contribution is 6.82. The van der Waals surface area contributed by atoms with Crippen LogP contribution in [0.25, 0.3) is 22.3 Å². The topological polar surface area (TPSA) is 72.0 Å². The molecule has 3 rings (SSSR count). The summed E-state index contributed by atoms with van der Waals surface area (Å²) in [5, 5.41) is 2.06. The average molecular weight is 312 g/mol. The van der Waals surface area contributed by atoms with Gasteiger partial charge in [-0.25, -0.2) is 9.97 Å². The maximum atomic E-state index is 11.3. The summed E-state index contributed by atoms with van der Waals surface area (Å²) in [4.78, 5) is 30.8. The second kappa shape index (κ2) is 5.91. The highest BCUT2D eigenvalue weighted by Crippen LogP contribution is 2.20. The molecule has 0 spiro atoms. The van der Waals surface area contributed by atoms with Crippen molar-refractivity contribution in [2.24, 2.45) is 0 Å². The molecule has 2 heterocycles. The minimum atomic E-state index is -1.09. The molecule has 22 heavy (non-hydrogen) atoms. The number of anilines is 1. The lowest BCUT2D eigenvalue weighted by molar-refractivity contribution is -0.130. The normalized spacial score (nSPS) is 10.4. The Labute approximate surface area is 131 Å². The molecule has 0 atom stereocenters. The third-order valence-corrected chi connectivity index (χ3v) is 3.21. The Morgan fingerprint density at radius 1 is 0.909 bits per heavy atom. The first-order valence-corrected chi connectivity index (χ1v) is 6.85. The van der Waals surface area contributed by atoms with Crippen LogP contribution in [0.3, 0.4) is 0 Å². The fourth-order valence-electron chi connectivity index (χ4n) is 2.00. The second-order valence-corrected chi connectivity index (χ2v) is 4.88. The summed E-state index contributed by atoms with van der Waals surface area (Å²) in [6, 6.07) is 16.8. The molecule has 0 unspecified atom stereocenters. The van der Waals surface area contributed by atoms with Crippen LogP contribution in [0, 0.1) is 0 Å². The van der Waals surface area contributed by atoms with Crippen LogP contribution in [-0.4, -0.2) is 21.1 Å². The Balaban J connectivity index is 2.00. The van der Waals surface area contributed by atoms with Crippen LogP contribution in [-0.2, 0) is 9.59 Å². The number of nitrogens with one attached hydrogen (secondary N) is 1. The summed E-state index contributed by atoms with van der Waals surface area (Å²) in [6.45, 7) is 0. The predicted molar refractivity (Wildman–Crippen MR) is 84.5 cm³/mol. The van der Waals surface area contributed by atoms with Crippen molar-refractivity contribution in [1.82, 2.24) is 9.97 Å². The highest BCUT2D eigenvalue weighted by atomic mass is 35.5. The van der Waals surface area contributed by atoms with E-state index in [1.54, 1.807) is 12.1 Å². The van der Waals surface area contributed by atoms with E-state index >= 15 is 0 Å². The second-order valence-electron chi connectivity index (χ2n) is 4.53. The first-order chi connectivity index (χ1) is 10.6. The van der Waals surface area contributed by atoms with Gasteiger partial charge in [0.15, 0.2) is 5.65 Å². The molecule has 0 aliphatic heterocycles. The van der Waals surface area contributed by atoms with E-state index in [0.717, 1.165) is 16.6 Å². The summed E-state index contributed by atoms with van der Waals surface area (Å²) in [7, 11) is 0. The molecule has 0 saturated heterocycles. The molecule has 1 amide bonds. The molecule has 0 saturated carbocycles. The van der Waals surface area contributed by atoms with Gasteiger partial charge < -0.3 is 5.32 Å². The smallest absolute Gasteiger partial charge is 0.303 e.